The summed E-state index contributed by atoms with van der Waals surface area (Å²) in [5, 5.41) is 9.44. The number of halogens is 4. The zero-order valence-corrected chi connectivity index (χ0v) is 16.5. The molecule has 28 heavy (non-hydrogen) atoms. The molecule has 2 atom stereocenters. The molecule has 0 saturated heterocycles. The molecule has 154 valence electrons. The molecule has 7 heteroatoms. The number of hydrogen-bond donors (Lipinski definition) is 1. The van der Waals surface area contributed by atoms with Crippen molar-refractivity contribution < 1.29 is 27.8 Å². The van der Waals surface area contributed by atoms with Gasteiger partial charge in [-0.15, -0.1) is 11.6 Å². The highest BCUT2D eigenvalue weighted by atomic mass is 35.5. The van der Waals surface area contributed by atoms with Gasteiger partial charge in [0.2, 0.25) is 0 Å². The summed E-state index contributed by atoms with van der Waals surface area (Å²) in [6.07, 6.45) is -6.07. The van der Waals surface area contributed by atoms with Crippen molar-refractivity contribution in [3.05, 3.63) is 59.7 Å². The quantitative estimate of drug-likeness (QED) is 0.555. The molecule has 0 radical (unpaired) electrons. The van der Waals surface area contributed by atoms with E-state index in [9.17, 15) is 18.3 Å². The Morgan fingerprint density at radius 2 is 1.29 bits per heavy atom. The predicted octanol–water partition coefficient (Wildman–Crippen LogP) is 4.97. The van der Waals surface area contributed by atoms with E-state index in [1.807, 2.05) is 50.2 Å². The van der Waals surface area contributed by atoms with Crippen LogP contribution in [0.4, 0.5) is 13.2 Å². The molecule has 1 N–H and O–H groups in total. The van der Waals surface area contributed by atoms with E-state index < -0.39 is 25.3 Å². The Bertz CT molecular complexity index is 721. The van der Waals surface area contributed by atoms with Gasteiger partial charge in [0.25, 0.3) is 6.43 Å². The number of rotatable bonds is 10. The van der Waals surface area contributed by atoms with Gasteiger partial charge in [0, 0.05) is 5.41 Å². The van der Waals surface area contributed by atoms with Gasteiger partial charge in [0.05, 0.1) is 5.88 Å². The normalized spacial score (nSPS) is 14.0. The fourth-order valence-corrected chi connectivity index (χ4v) is 2.68. The summed E-state index contributed by atoms with van der Waals surface area (Å²) in [4.78, 5) is 0. The molecule has 2 rings (SSSR count). The van der Waals surface area contributed by atoms with E-state index in [0.29, 0.717) is 11.5 Å². The Kier molecular flexibility index (Phi) is 8.01. The summed E-state index contributed by atoms with van der Waals surface area (Å²) >= 11 is 5.54. The summed E-state index contributed by atoms with van der Waals surface area (Å²) < 4.78 is 47.9. The highest BCUT2D eigenvalue weighted by molar-refractivity contribution is 6.18. The van der Waals surface area contributed by atoms with Crippen molar-refractivity contribution in [2.24, 2.45) is 0 Å². The first-order valence-corrected chi connectivity index (χ1v) is 9.40. The van der Waals surface area contributed by atoms with E-state index in [-0.39, 0.29) is 17.9 Å². The minimum Gasteiger partial charge on any atom is -0.491 e. The van der Waals surface area contributed by atoms with Crippen LogP contribution in [0.2, 0.25) is 0 Å². The molecule has 0 fully saturated rings. The van der Waals surface area contributed by atoms with Crippen molar-refractivity contribution in [3.63, 3.8) is 0 Å². The molecule has 0 amide bonds. The third-order valence-corrected chi connectivity index (χ3v) is 4.81. The molecule has 0 saturated carbocycles. The van der Waals surface area contributed by atoms with Crippen LogP contribution in [0.25, 0.3) is 0 Å². The molecular formula is C21H24ClF3O3. The van der Waals surface area contributed by atoms with Crippen LogP contribution >= 0.6 is 11.6 Å². The van der Waals surface area contributed by atoms with Crippen LogP contribution in [0, 0.1) is 0 Å². The van der Waals surface area contributed by atoms with Crippen molar-refractivity contribution in [1.82, 2.24) is 0 Å². The van der Waals surface area contributed by atoms with Crippen molar-refractivity contribution >= 4 is 11.6 Å². The fourth-order valence-electron chi connectivity index (χ4n) is 2.59. The number of aliphatic hydroxyl groups is 1. The number of hydrogen-bond acceptors (Lipinski definition) is 3. The van der Waals surface area contributed by atoms with Crippen LogP contribution in [-0.4, -0.2) is 42.9 Å². The molecule has 3 nitrogen and oxygen atoms in total. The van der Waals surface area contributed by atoms with Gasteiger partial charge in [-0.25, -0.2) is 13.2 Å². The molecule has 2 aromatic rings. The SMILES string of the molecule is CC(C)(c1ccc(OC[C@H](O)CCl)cc1)c1ccc(OC[C@H](F)C(F)F)cc1. The summed E-state index contributed by atoms with van der Waals surface area (Å²) in [5.41, 5.74) is 1.68. The minimum atomic E-state index is -3.05. The van der Waals surface area contributed by atoms with Gasteiger partial charge in [-0.2, -0.15) is 0 Å². The molecule has 2 aromatic carbocycles. The fraction of sp³-hybridized carbons (Fsp3) is 0.429. The zero-order chi connectivity index (χ0) is 20.7. The molecular weight excluding hydrogens is 393 g/mol. The lowest BCUT2D eigenvalue weighted by atomic mass is 9.78. The van der Waals surface area contributed by atoms with Crippen molar-refractivity contribution in [1.29, 1.82) is 0 Å². The van der Waals surface area contributed by atoms with Gasteiger partial charge < -0.3 is 14.6 Å². The molecule has 0 aliphatic rings. The second kappa shape index (κ2) is 10.0. The largest absolute Gasteiger partial charge is 0.491 e. The number of aliphatic hydroxyl groups excluding tert-OH is 1. The maximum Gasteiger partial charge on any atom is 0.272 e. The van der Waals surface area contributed by atoms with E-state index in [1.165, 1.54) is 0 Å². The van der Waals surface area contributed by atoms with Crippen LogP contribution in [0.15, 0.2) is 48.5 Å². The number of ether oxygens (including phenoxy) is 2. The zero-order valence-electron chi connectivity index (χ0n) is 15.7. The van der Waals surface area contributed by atoms with E-state index >= 15 is 0 Å². The first-order valence-electron chi connectivity index (χ1n) is 8.87. The summed E-state index contributed by atoms with van der Waals surface area (Å²) in [7, 11) is 0. The summed E-state index contributed by atoms with van der Waals surface area (Å²) in [6.45, 7) is 3.54. The molecule has 0 heterocycles. The molecule has 0 bridgehead atoms. The molecule has 0 aromatic heterocycles. The lowest BCUT2D eigenvalue weighted by Gasteiger charge is -2.26. The smallest absolute Gasteiger partial charge is 0.272 e. The Hall–Kier alpha value is -1.92. The maximum absolute atomic E-state index is 12.9. The minimum absolute atomic E-state index is 0.110. The number of benzene rings is 2. The second-order valence-corrected chi connectivity index (χ2v) is 7.26. The average Bonchev–Trinajstić information content (AvgIpc) is 2.70. The first-order chi connectivity index (χ1) is 13.2. The Balaban J connectivity index is 2.03. The van der Waals surface area contributed by atoms with Gasteiger partial charge in [0.1, 0.15) is 30.8 Å². The van der Waals surface area contributed by atoms with Crippen molar-refractivity contribution in [2.75, 3.05) is 19.1 Å². The molecule has 0 aliphatic heterocycles. The predicted molar refractivity (Wildman–Crippen MR) is 104 cm³/mol. The Labute approximate surface area is 168 Å². The monoisotopic (exact) mass is 416 g/mol. The Morgan fingerprint density at radius 1 is 0.857 bits per heavy atom. The van der Waals surface area contributed by atoms with Crippen molar-refractivity contribution in [2.45, 2.75) is 38.0 Å². The van der Waals surface area contributed by atoms with Crippen molar-refractivity contribution in [3.8, 4) is 11.5 Å². The van der Waals surface area contributed by atoms with Crippen LogP contribution in [0.3, 0.4) is 0 Å². The van der Waals surface area contributed by atoms with Crippen LogP contribution in [0.5, 0.6) is 11.5 Å². The molecule has 0 spiro atoms. The van der Waals surface area contributed by atoms with Gasteiger partial charge in [-0.3, -0.25) is 0 Å². The average molecular weight is 417 g/mol. The topological polar surface area (TPSA) is 38.7 Å². The van der Waals surface area contributed by atoms with E-state index in [0.717, 1.165) is 11.1 Å². The van der Waals surface area contributed by atoms with Gasteiger partial charge in [-0.05, 0) is 35.4 Å². The third kappa shape index (κ3) is 6.04. The number of alkyl halides is 4. The second-order valence-electron chi connectivity index (χ2n) is 6.95. The van der Waals surface area contributed by atoms with E-state index in [4.69, 9.17) is 21.1 Å². The molecule has 0 aliphatic carbocycles. The van der Waals surface area contributed by atoms with Crippen LogP contribution < -0.4 is 9.47 Å². The summed E-state index contributed by atoms with van der Waals surface area (Å²) in [6, 6.07) is 14.4. The summed E-state index contributed by atoms with van der Waals surface area (Å²) in [5.74, 6) is 1.08. The third-order valence-electron chi connectivity index (χ3n) is 4.46. The molecule has 0 unspecified atom stereocenters. The standard InChI is InChI=1S/C21H24ClF3O3/c1-21(2,14-3-7-17(8-4-14)27-12-16(26)11-22)15-5-9-18(10-6-15)28-13-19(23)20(24)25/h3-10,16,19-20,26H,11-13H2,1-2H3/t16-,19+/m1/s1. The van der Waals surface area contributed by atoms with Crippen LogP contribution in [-0.2, 0) is 5.41 Å². The van der Waals surface area contributed by atoms with E-state index in [2.05, 4.69) is 0 Å². The first kappa shape index (κ1) is 22.4. The van der Waals surface area contributed by atoms with Gasteiger partial charge >= 0.3 is 0 Å². The van der Waals surface area contributed by atoms with Gasteiger partial charge in [-0.1, -0.05) is 38.1 Å². The maximum atomic E-state index is 12.9. The van der Waals surface area contributed by atoms with Gasteiger partial charge in [0.15, 0.2) is 6.17 Å². The highest BCUT2D eigenvalue weighted by Gasteiger charge is 2.24. The lowest BCUT2D eigenvalue weighted by Crippen LogP contribution is -2.21. The lowest BCUT2D eigenvalue weighted by molar-refractivity contribution is 0.0231. The van der Waals surface area contributed by atoms with Crippen LogP contribution in [0.1, 0.15) is 25.0 Å². The highest BCUT2D eigenvalue weighted by Crippen LogP contribution is 2.33. The Morgan fingerprint density at radius 3 is 1.68 bits per heavy atom. The van der Waals surface area contributed by atoms with E-state index in [1.54, 1.807) is 12.1 Å².